The first-order valence-electron chi connectivity index (χ1n) is 8.06. The smallest absolute Gasteiger partial charge is 0.228 e. The van der Waals surface area contributed by atoms with Gasteiger partial charge in [0.1, 0.15) is 10.8 Å². The number of anilines is 1. The zero-order valence-corrected chi connectivity index (χ0v) is 14.7. The Hall–Kier alpha value is -1.95. The Morgan fingerprint density at radius 1 is 1.13 bits per heavy atom. The van der Waals surface area contributed by atoms with Gasteiger partial charge in [0.25, 0.3) is 0 Å². The number of rotatable bonds is 8. The van der Waals surface area contributed by atoms with Crippen LogP contribution in [0.4, 0.5) is 5.13 Å². The van der Waals surface area contributed by atoms with E-state index in [0.717, 1.165) is 29.2 Å². The van der Waals surface area contributed by atoms with Gasteiger partial charge < -0.3 is 4.74 Å². The number of carbonyl (C=O) groups is 1. The second kappa shape index (κ2) is 8.62. The van der Waals surface area contributed by atoms with E-state index in [4.69, 9.17) is 4.74 Å². The van der Waals surface area contributed by atoms with E-state index in [-0.39, 0.29) is 5.91 Å². The number of benzene rings is 1. The minimum atomic E-state index is 0.115. The molecule has 0 N–H and O–H groups in total. The molecule has 0 unspecified atom stereocenters. The fraction of sp³-hybridized carbons (Fsp3) is 0.471. The van der Waals surface area contributed by atoms with Gasteiger partial charge in [0.05, 0.1) is 6.61 Å². The van der Waals surface area contributed by atoms with Crippen molar-refractivity contribution in [3.63, 3.8) is 0 Å². The second-order valence-corrected chi connectivity index (χ2v) is 6.10. The zero-order valence-electron chi connectivity index (χ0n) is 13.9. The van der Waals surface area contributed by atoms with Crippen molar-refractivity contribution in [2.75, 3.05) is 18.1 Å². The molecule has 0 aliphatic carbocycles. The predicted molar refractivity (Wildman–Crippen MR) is 94.1 cm³/mol. The van der Waals surface area contributed by atoms with Gasteiger partial charge in [0.15, 0.2) is 0 Å². The third-order valence-corrected chi connectivity index (χ3v) is 4.26. The lowest BCUT2D eigenvalue weighted by molar-refractivity contribution is -0.118. The van der Waals surface area contributed by atoms with Gasteiger partial charge in [-0.15, -0.1) is 10.2 Å². The maximum atomic E-state index is 12.2. The molecule has 2 aromatic rings. The lowest BCUT2D eigenvalue weighted by Crippen LogP contribution is -2.31. The molecule has 0 radical (unpaired) electrons. The largest absolute Gasteiger partial charge is 0.494 e. The Kier molecular flexibility index (Phi) is 6.52. The summed E-state index contributed by atoms with van der Waals surface area (Å²) in [5.41, 5.74) is 0.983. The highest BCUT2D eigenvalue weighted by Gasteiger charge is 2.19. The molecule has 0 saturated heterocycles. The monoisotopic (exact) mass is 333 g/mol. The Bertz CT molecular complexity index is 625. The summed E-state index contributed by atoms with van der Waals surface area (Å²) in [5.74, 6) is 0.954. The van der Waals surface area contributed by atoms with Gasteiger partial charge in [-0.2, -0.15) is 0 Å². The third kappa shape index (κ3) is 4.51. The average Bonchev–Trinajstić information content (AvgIpc) is 3.03. The van der Waals surface area contributed by atoms with Crippen molar-refractivity contribution in [3.8, 4) is 16.3 Å². The highest BCUT2D eigenvalue weighted by molar-refractivity contribution is 7.18. The molecule has 2 rings (SSSR count). The number of carbonyl (C=O) groups excluding carboxylic acids is 1. The molecule has 23 heavy (non-hydrogen) atoms. The molecule has 0 spiro atoms. The minimum absolute atomic E-state index is 0.115. The summed E-state index contributed by atoms with van der Waals surface area (Å²) in [6.45, 7) is 7.35. The quantitative estimate of drug-likeness (QED) is 0.728. The van der Waals surface area contributed by atoms with Crippen LogP contribution in [0.15, 0.2) is 24.3 Å². The summed E-state index contributed by atoms with van der Waals surface area (Å²) in [7, 11) is 0. The van der Waals surface area contributed by atoms with Crippen molar-refractivity contribution in [2.45, 2.75) is 40.0 Å². The molecule has 1 heterocycles. The first kappa shape index (κ1) is 17.4. The standard InChI is InChI=1S/C17H23N3O2S/c1-4-7-15(21)20(12-5-2)17-19-18-16(23-17)13-8-10-14(11-9-13)22-6-3/h8-11H,4-7,12H2,1-3H3. The molecule has 1 amide bonds. The molecule has 0 aliphatic heterocycles. The average molecular weight is 333 g/mol. The van der Waals surface area contributed by atoms with Crippen LogP contribution < -0.4 is 9.64 Å². The molecule has 124 valence electrons. The topological polar surface area (TPSA) is 55.3 Å². The van der Waals surface area contributed by atoms with Gasteiger partial charge in [0, 0.05) is 18.5 Å². The molecular formula is C17H23N3O2S. The van der Waals surface area contributed by atoms with E-state index in [1.165, 1.54) is 11.3 Å². The number of nitrogens with zero attached hydrogens (tertiary/aromatic N) is 3. The lowest BCUT2D eigenvalue weighted by Gasteiger charge is -2.17. The third-order valence-electron chi connectivity index (χ3n) is 3.27. The van der Waals surface area contributed by atoms with Gasteiger partial charge in [-0.3, -0.25) is 9.69 Å². The lowest BCUT2D eigenvalue weighted by atomic mass is 10.2. The molecule has 1 aromatic heterocycles. The highest BCUT2D eigenvalue weighted by Crippen LogP contribution is 2.30. The van der Waals surface area contributed by atoms with Crippen molar-refractivity contribution >= 4 is 22.4 Å². The summed E-state index contributed by atoms with van der Waals surface area (Å²) in [6.07, 6.45) is 2.27. The Labute approximate surface area is 141 Å². The van der Waals surface area contributed by atoms with Crippen LogP contribution in [-0.4, -0.2) is 29.3 Å². The minimum Gasteiger partial charge on any atom is -0.494 e. The van der Waals surface area contributed by atoms with E-state index in [1.54, 1.807) is 4.90 Å². The Balaban J connectivity index is 2.18. The van der Waals surface area contributed by atoms with Crippen molar-refractivity contribution in [2.24, 2.45) is 0 Å². The first-order valence-corrected chi connectivity index (χ1v) is 8.88. The summed E-state index contributed by atoms with van der Waals surface area (Å²) in [6, 6.07) is 7.78. The summed E-state index contributed by atoms with van der Waals surface area (Å²) in [4.78, 5) is 14.0. The normalized spacial score (nSPS) is 10.6. The molecule has 5 nitrogen and oxygen atoms in total. The number of ether oxygens (including phenoxy) is 1. The van der Waals surface area contributed by atoms with E-state index in [1.807, 2.05) is 38.1 Å². The van der Waals surface area contributed by atoms with Crippen molar-refractivity contribution < 1.29 is 9.53 Å². The maximum Gasteiger partial charge on any atom is 0.228 e. The number of hydrogen-bond donors (Lipinski definition) is 0. The molecule has 0 aliphatic rings. The van der Waals surface area contributed by atoms with Gasteiger partial charge in [0.2, 0.25) is 11.0 Å². The van der Waals surface area contributed by atoms with Crippen molar-refractivity contribution in [1.82, 2.24) is 10.2 Å². The van der Waals surface area contributed by atoms with Crippen LogP contribution in [0.25, 0.3) is 10.6 Å². The molecule has 0 fully saturated rings. The SMILES string of the molecule is CCCC(=O)N(CCC)c1nnc(-c2ccc(OCC)cc2)s1. The van der Waals surface area contributed by atoms with E-state index < -0.39 is 0 Å². The Morgan fingerprint density at radius 2 is 1.87 bits per heavy atom. The second-order valence-electron chi connectivity index (χ2n) is 5.14. The zero-order chi connectivity index (χ0) is 16.7. The highest BCUT2D eigenvalue weighted by atomic mass is 32.1. The molecule has 0 atom stereocenters. The van der Waals surface area contributed by atoms with Crippen LogP contribution in [-0.2, 0) is 4.79 Å². The van der Waals surface area contributed by atoms with Gasteiger partial charge in [-0.05, 0) is 44.0 Å². The van der Waals surface area contributed by atoms with Crippen LogP contribution in [0.1, 0.15) is 40.0 Å². The van der Waals surface area contributed by atoms with Crippen molar-refractivity contribution in [3.05, 3.63) is 24.3 Å². The van der Waals surface area contributed by atoms with E-state index in [2.05, 4.69) is 17.1 Å². The van der Waals surface area contributed by atoms with Gasteiger partial charge in [-0.25, -0.2) is 0 Å². The summed E-state index contributed by atoms with van der Waals surface area (Å²) >= 11 is 1.45. The van der Waals surface area contributed by atoms with Gasteiger partial charge in [-0.1, -0.05) is 25.2 Å². The van der Waals surface area contributed by atoms with Crippen LogP contribution in [0.3, 0.4) is 0 Å². The van der Waals surface area contributed by atoms with E-state index in [0.29, 0.717) is 24.7 Å². The Morgan fingerprint density at radius 3 is 2.48 bits per heavy atom. The molecule has 0 saturated carbocycles. The molecule has 6 heteroatoms. The van der Waals surface area contributed by atoms with Crippen LogP contribution >= 0.6 is 11.3 Å². The molecule has 1 aromatic carbocycles. The summed E-state index contributed by atoms with van der Waals surface area (Å²) in [5, 5.41) is 9.95. The fourth-order valence-corrected chi connectivity index (χ4v) is 3.09. The van der Waals surface area contributed by atoms with E-state index >= 15 is 0 Å². The molecule has 0 bridgehead atoms. The van der Waals surface area contributed by atoms with Crippen LogP contribution in [0, 0.1) is 0 Å². The maximum absolute atomic E-state index is 12.2. The number of aromatic nitrogens is 2. The van der Waals surface area contributed by atoms with Crippen molar-refractivity contribution in [1.29, 1.82) is 0 Å². The van der Waals surface area contributed by atoms with Gasteiger partial charge >= 0.3 is 0 Å². The number of hydrogen-bond acceptors (Lipinski definition) is 5. The first-order chi connectivity index (χ1) is 11.2. The summed E-state index contributed by atoms with van der Waals surface area (Å²) < 4.78 is 5.44. The van der Waals surface area contributed by atoms with Crippen LogP contribution in [0.2, 0.25) is 0 Å². The van der Waals surface area contributed by atoms with E-state index in [9.17, 15) is 4.79 Å². The number of amides is 1. The predicted octanol–water partition coefficient (Wildman–Crippen LogP) is 4.15. The molecular weight excluding hydrogens is 310 g/mol. The van der Waals surface area contributed by atoms with Crippen LogP contribution in [0.5, 0.6) is 5.75 Å². The fourth-order valence-electron chi connectivity index (χ4n) is 2.20.